The van der Waals surface area contributed by atoms with Crippen LogP contribution in [0, 0.1) is 0 Å². The van der Waals surface area contributed by atoms with Crippen LogP contribution in [0.3, 0.4) is 0 Å². The van der Waals surface area contributed by atoms with Crippen LogP contribution in [0.5, 0.6) is 0 Å². The van der Waals surface area contributed by atoms with E-state index in [9.17, 15) is 9.90 Å². The summed E-state index contributed by atoms with van der Waals surface area (Å²) in [5.74, 6) is -0.0307. The lowest BCUT2D eigenvalue weighted by Gasteiger charge is -2.27. The Bertz CT molecular complexity index is 193. The lowest BCUT2D eigenvalue weighted by atomic mass is 10.1. The van der Waals surface area contributed by atoms with E-state index in [0.717, 1.165) is 0 Å². The van der Waals surface area contributed by atoms with E-state index in [2.05, 4.69) is 10.6 Å². The summed E-state index contributed by atoms with van der Waals surface area (Å²) < 4.78 is 0. The minimum atomic E-state index is -0.736. The van der Waals surface area contributed by atoms with Crippen molar-refractivity contribution in [3.05, 3.63) is 0 Å². The van der Waals surface area contributed by atoms with Gasteiger partial charge in [-0.1, -0.05) is 0 Å². The highest BCUT2D eigenvalue weighted by Crippen LogP contribution is 2.01. The van der Waals surface area contributed by atoms with Crippen LogP contribution in [-0.2, 0) is 4.79 Å². The standard InChI is InChI=1S/C10H23N3O2/c1-9(14)12-6-5-11-7-10(2,15)8-13(3)4/h11,15H,5-8H2,1-4H3,(H,12,14). The molecule has 0 bridgehead atoms. The molecule has 0 fully saturated rings. The zero-order chi connectivity index (χ0) is 11.9. The minimum Gasteiger partial charge on any atom is -0.388 e. The SMILES string of the molecule is CC(=O)NCCNCC(C)(O)CN(C)C. The van der Waals surface area contributed by atoms with Crippen LogP contribution in [0.1, 0.15) is 13.8 Å². The number of likely N-dealkylation sites (N-methyl/N-ethyl adjacent to an activating group) is 1. The fourth-order valence-corrected chi connectivity index (χ4v) is 1.42. The maximum atomic E-state index is 10.6. The number of carbonyl (C=O) groups excluding carboxylic acids is 1. The maximum absolute atomic E-state index is 10.6. The number of hydrogen-bond acceptors (Lipinski definition) is 4. The van der Waals surface area contributed by atoms with Crippen LogP contribution in [0.25, 0.3) is 0 Å². The van der Waals surface area contributed by atoms with E-state index in [4.69, 9.17) is 0 Å². The van der Waals surface area contributed by atoms with Crippen molar-refractivity contribution in [1.29, 1.82) is 0 Å². The Morgan fingerprint density at radius 3 is 2.47 bits per heavy atom. The summed E-state index contributed by atoms with van der Waals surface area (Å²) in [5.41, 5.74) is -0.736. The Morgan fingerprint density at radius 2 is 2.00 bits per heavy atom. The third kappa shape index (κ3) is 9.65. The summed E-state index contributed by atoms with van der Waals surface area (Å²) in [5, 5.41) is 15.7. The average molecular weight is 217 g/mol. The third-order valence-electron chi connectivity index (χ3n) is 1.84. The molecule has 0 saturated carbocycles. The van der Waals surface area contributed by atoms with E-state index in [1.165, 1.54) is 6.92 Å². The van der Waals surface area contributed by atoms with Crippen molar-refractivity contribution in [2.45, 2.75) is 19.4 Å². The van der Waals surface area contributed by atoms with E-state index in [1.807, 2.05) is 19.0 Å². The van der Waals surface area contributed by atoms with Gasteiger partial charge in [0.1, 0.15) is 0 Å². The molecule has 0 saturated heterocycles. The molecule has 15 heavy (non-hydrogen) atoms. The number of carbonyl (C=O) groups is 1. The first-order chi connectivity index (χ1) is 6.83. The van der Waals surface area contributed by atoms with Crippen molar-refractivity contribution in [2.24, 2.45) is 0 Å². The summed E-state index contributed by atoms with van der Waals surface area (Å²) in [7, 11) is 3.84. The largest absolute Gasteiger partial charge is 0.388 e. The van der Waals surface area contributed by atoms with Gasteiger partial charge in [-0.25, -0.2) is 0 Å². The van der Waals surface area contributed by atoms with Gasteiger partial charge in [0, 0.05) is 33.1 Å². The summed E-state index contributed by atoms with van der Waals surface area (Å²) in [6, 6.07) is 0. The molecule has 5 heteroatoms. The minimum absolute atomic E-state index is 0.0307. The number of rotatable bonds is 7. The summed E-state index contributed by atoms with van der Waals surface area (Å²) in [6.07, 6.45) is 0. The zero-order valence-electron chi connectivity index (χ0n) is 10.1. The Labute approximate surface area is 91.8 Å². The van der Waals surface area contributed by atoms with Gasteiger partial charge >= 0.3 is 0 Å². The number of nitrogens with zero attached hydrogens (tertiary/aromatic N) is 1. The number of aliphatic hydroxyl groups is 1. The van der Waals surface area contributed by atoms with E-state index in [-0.39, 0.29) is 5.91 Å². The lowest BCUT2D eigenvalue weighted by Crippen LogP contribution is -2.46. The Hall–Kier alpha value is -0.650. The predicted octanol–water partition coefficient (Wildman–Crippen LogP) is -0.975. The number of hydrogen-bond donors (Lipinski definition) is 3. The van der Waals surface area contributed by atoms with Crippen molar-refractivity contribution in [3.63, 3.8) is 0 Å². The van der Waals surface area contributed by atoms with Crippen LogP contribution in [0.15, 0.2) is 0 Å². The van der Waals surface area contributed by atoms with Crippen LogP contribution < -0.4 is 10.6 Å². The fourth-order valence-electron chi connectivity index (χ4n) is 1.42. The van der Waals surface area contributed by atoms with Crippen molar-refractivity contribution >= 4 is 5.91 Å². The van der Waals surface area contributed by atoms with Crippen molar-refractivity contribution in [2.75, 3.05) is 40.3 Å². The van der Waals surface area contributed by atoms with Crippen LogP contribution >= 0.6 is 0 Å². The number of nitrogens with one attached hydrogen (secondary N) is 2. The highest BCUT2D eigenvalue weighted by atomic mass is 16.3. The molecule has 1 unspecified atom stereocenters. The third-order valence-corrected chi connectivity index (χ3v) is 1.84. The molecule has 0 aliphatic heterocycles. The molecule has 3 N–H and O–H groups in total. The van der Waals surface area contributed by atoms with Gasteiger partial charge < -0.3 is 20.6 Å². The Balaban J connectivity index is 3.52. The molecule has 0 rings (SSSR count). The smallest absolute Gasteiger partial charge is 0.216 e. The monoisotopic (exact) mass is 217 g/mol. The van der Waals surface area contributed by atoms with Gasteiger partial charge in [0.25, 0.3) is 0 Å². The van der Waals surface area contributed by atoms with Gasteiger partial charge in [0.2, 0.25) is 5.91 Å². The molecule has 1 atom stereocenters. The van der Waals surface area contributed by atoms with Gasteiger partial charge in [0.15, 0.2) is 0 Å². The first-order valence-electron chi connectivity index (χ1n) is 5.16. The lowest BCUT2D eigenvalue weighted by molar-refractivity contribution is -0.118. The van der Waals surface area contributed by atoms with Crippen molar-refractivity contribution in [1.82, 2.24) is 15.5 Å². The van der Waals surface area contributed by atoms with E-state index >= 15 is 0 Å². The normalized spacial score (nSPS) is 15.1. The molecule has 5 nitrogen and oxygen atoms in total. The molecule has 1 amide bonds. The van der Waals surface area contributed by atoms with Gasteiger partial charge in [-0.2, -0.15) is 0 Å². The molecule has 0 aromatic rings. The van der Waals surface area contributed by atoms with Gasteiger partial charge in [0.05, 0.1) is 5.60 Å². The molecule has 90 valence electrons. The summed E-state index contributed by atoms with van der Waals surface area (Å²) in [4.78, 5) is 12.5. The van der Waals surface area contributed by atoms with E-state index in [0.29, 0.717) is 26.2 Å². The topological polar surface area (TPSA) is 64.6 Å². The molecular formula is C10H23N3O2. The Morgan fingerprint density at radius 1 is 1.40 bits per heavy atom. The van der Waals surface area contributed by atoms with Gasteiger partial charge in [-0.15, -0.1) is 0 Å². The van der Waals surface area contributed by atoms with E-state index in [1.54, 1.807) is 6.92 Å². The molecule has 0 spiro atoms. The molecule has 0 aliphatic rings. The van der Waals surface area contributed by atoms with Crippen molar-refractivity contribution < 1.29 is 9.90 Å². The second-order valence-electron chi connectivity index (χ2n) is 4.39. The maximum Gasteiger partial charge on any atom is 0.216 e. The molecular weight excluding hydrogens is 194 g/mol. The quantitative estimate of drug-likeness (QED) is 0.480. The zero-order valence-corrected chi connectivity index (χ0v) is 10.1. The highest BCUT2D eigenvalue weighted by molar-refractivity contribution is 5.72. The molecule has 0 radical (unpaired) electrons. The van der Waals surface area contributed by atoms with Crippen LogP contribution in [0.2, 0.25) is 0 Å². The summed E-state index contributed by atoms with van der Waals surface area (Å²) >= 11 is 0. The highest BCUT2D eigenvalue weighted by Gasteiger charge is 2.20. The second kappa shape index (κ2) is 6.76. The first kappa shape index (κ1) is 14.3. The molecule has 0 aliphatic carbocycles. The predicted molar refractivity (Wildman–Crippen MR) is 60.7 cm³/mol. The van der Waals surface area contributed by atoms with Crippen LogP contribution in [-0.4, -0.2) is 61.8 Å². The number of amides is 1. The van der Waals surface area contributed by atoms with Crippen molar-refractivity contribution in [3.8, 4) is 0 Å². The summed E-state index contributed by atoms with van der Waals surface area (Å²) in [6.45, 7) is 5.67. The second-order valence-corrected chi connectivity index (χ2v) is 4.39. The molecule has 0 aromatic heterocycles. The first-order valence-corrected chi connectivity index (χ1v) is 5.16. The van der Waals surface area contributed by atoms with E-state index < -0.39 is 5.60 Å². The fraction of sp³-hybridized carbons (Fsp3) is 0.900. The average Bonchev–Trinajstić information content (AvgIpc) is 1.99. The molecule has 0 heterocycles. The van der Waals surface area contributed by atoms with Gasteiger partial charge in [-0.05, 0) is 21.0 Å². The Kier molecular flexibility index (Phi) is 6.47. The molecule has 0 aromatic carbocycles. The van der Waals surface area contributed by atoms with Gasteiger partial charge in [-0.3, -0.25) is 4.79 Å². The van der Waals surface area contributed by atoms with Crippen LogP contribution in [0.4, 0.5) is 0 Å².